The monoisotopic (exact) mass is 295 g/mol. The van der Waals surface area contributed by atoms with E-state index in [1.54, 1.807) is 6.26 Å². The third-order valence-corrected chi connectivity index (χ3v) is 3.65. The molecule has 1 atom stereocenters. The van der Waals surface area contributed by atoms with Crippen LogP contribution in [0.2, 0.25) is 0 Å². The van der Waals surface area contributed by atoms with Crippen LogP contribution in [0, 0.1) is 5.92 Å². The van der Waals surface area contributed by atoms with Gasteiger partial charge < -0.3 is 14.5 Å². The van der Waals surface area contributed by atoms with Gasteiger partial charge in [0, 0.05) is 17.8 Å². The molecule has 0 aliphatic rings. The first kappa shape index (κ1) is 14.7. The van der Waals surface area contributed by atoms with E-state index < -0.39 is 0 Å². The van der Waals surface area contributed by atoms with E-state index in [2.05, 4.69) is 30.4 Å². The molecule has 1 N–H and O–H groups in total. The fourth-order valence-corrected chi connectivity index (χ4v) is 2.47. The lowest BCUT2D eigenvalue weighted by atomic mass is 10.1. The summed E-state index contributed by atoms with van der Waals surface area (Å²) in [6.07, 6.45) is 1.70. The van der Waals surface area contributed by atoms with Crippen LogP contribution in [0.15, 0.2) is 65.3 Å². The second kappa shape index (κ2) is 7.14. The number of hydrogen-bond donors (Lipinski definition) is 1. The van der Waals surface area contributed by atoms with Crippen LogP contribution in [0.5, 0.6) is 5.75 Å². The molecule has 3 nitrogen and oxygen atoms in total. The zero-order chi connectivity index (χ0) is 15.2. The molecule has 3 heteroatoms. The molecule has 1 heterocycles. The minimum atomic E-state index is 0.425. The SMILES string of the molecule is CC(CNCc1ccco1)COc1cccc2ccccc12. The second-order valence-corrected chi connectivity index (χ2v) is 5.60. The normalized spacial score (nSPS) is 12.4. The van der Waals surface area contributed by atoms with Crippen molar-refractivity contribution in [2.45, 2.75) is 13.5 Å². The van der Waals surface area contributed by atoms with Crippen LogP contribution in [0.4, 0.5) is 0 Å². The molecule has 3 rings (SSSR count). The van der Waals surface area contributed by atoms with Gasteiger partial charge in [0.2, 0.25) is 0 Å². The van der Waals surface area contributed by atoms with Crippen molar-refractivity contribution in [2.24, 2.45) is 5.92 Å². The van der Waals surface area contributed by atoms with E-state index in [1.807, 2.05) is 36.4 Å². The average molecular weight is 295 g/mol. The fraction of sp³-hybridized carbons (Fsp3) is 0.263. The molecule has 2 aromatic carbocycles. The number of fused-ring (bicyclic) bond motifs is 1. The molecule has 0 bridgehead atoms. The van der Waals surface area contributed by atoms with Crippen molar-refractivity contribution in [1.82, 2.24) is 5.32 Å². The van der Waals surface area contributed by atoms with E-state index in [4.69, 9.17) is 9.15 Å². The Kier molecular flexibility index (Phi) is 4.76. The first-order valence-corrected chi connectivity index (χ1v) is 7.66. The average Bonchev–Trinajstić information content (AvgIpc) is 3.06. The van der Waals surface area contributed by atoms with Gasteiger partial charge in [-0.15, -0.1) is 0 Å². The van der Waals surface area contributed by atoms with E-state index in [1.165, 1.54) is 10.8 Å². The van der Waals surface area contributed by atoms with Crippen molar-refractivity contribution in [3.8, 4) is 5.75 Å². The van der Waals surface area contributed by atoms with Crippen LogP contribution in [0.1, 0.15) is 12.7 Å². The highest BCUT2D eigenvalue weighted by Crippen LogP contribution is 2.25. The van der Waals surface area contributed by atoms with Gasteiger partial charge in [0.15, 0.2) is 0 Å². The molecule has 114 valence electrons. The first-order chi connectivity index (χ1) is 10.8. The van der Waals surface area contributed by atoms with Gasteiger partial charge in [-0.2, -0.15) is 0 Å². The van der Waals surface area contributed by atoms with Crippen LogP contribution in [0.25, 0.3) is 10.8 Å². The zero-order valence-electron chi connectivity index (χ0n) is 12.8. The predicted octanol–water partition coefficient (Wildman–Crippen LogP) is 4.24. The van der Waals surface area contributed by atoms with Gasteiger partial charge >= 0.3 is 0 Å². The van der Waals surface area contributed by atoms with Gasteiger partial charge in [0.25, 0.3) is 0 Å². The molecule has 0 spiro atoms. The Morgan fingerprint density at radius 2 is 1.91 bits per heavy atom. The predicted molar refractivity (Wildman–Crippen MR) is 89.0 cm³/mol. The summed E-state index contributed by atoms with van der Waals surface area (Å²) in [5.41, 5.74) is 0. The second-order valence-electron chi connectivity index (χ2n) is 5.60. The molecule has 0 fully saturated rings. The molecule has 1 aromatic heterocycles. The highest BCUT2D eigenvalue weighted by atomic mass is 16.5. The third kappa shape index (κ3) is 3.68. The Labute approximate surface area is 130 Å². The van der Waals surface area contributed by atoms with Gasteiger partial charge in [-0.05, 0) is 23.6 Å². The van der Waals surface area contributed by atoms with Gasteiger partial charge in [-0.3, -0.25) is 0 Å². The summed E-state index contributed by atoms with van der Waals surface area (Å²) >= 11 is 0. The van der Waals surface area contributed by atoms with E-state index in [-0.39, 0.29) is 0 Å². The van der Waals surface area contributed by atoms with Gasteiger partial charge in [0.05, 0.1) is 19.4 Å². The molecule has 0 saturated carbocycles. The Morgan fingerprint density at radius 1 is 1.05 bits per heavy atom. The van der Waals surface area contributed by atoms with Crippen LogP contribution < -0.4 is 10.1 Å². The first-order valence-electron chi connectivity index (χ1n) is 7.66. The van der Waals surface area contributed by atoms with Crippen molar-refractivity contribution in [3.05, 3.63) is 66.6 Å². The molecule has 0 radical (unpaired) electrons. The molecule has 0 saturated heterocycles. The number of furan rings is 1. The fourth-order valence-electron chi connectivity index (χ4n) is 2.47. The highest BCUT2D eigenvalue weighted by Gasteiger charge is 2.06. The molecule has 3 aromatic rings. The van der Waals surface area contributed by atoms with Crippen LogP contribution in [-0.2, 0) is 6.54 Å². The maximum atomic E-state index is 6.01. The van der Waals surface area contributed by atoms with Crippen LogP contribution in [0.3, 0.4) is 0 Å². The van der Waals surface area contributed by atoms with E-state index >= 15 is 0 Å². The third-order valence-electron chi connectivity index (χ3n) is 3.65. The Balaban J connectivity index is 1.50. The summed E-state index contributed by atoms with van der Waals surface area (Å²) < 4.78 is 11.3. The summed E-state index contributed by atoms with van der Waals surface area (Å²) in [5.74, 6) is 2.34. The maximum absolute atomic E-state index is 6.01. The summed E-state index contributed by atoms with van der Waals surface area (Å²) in [7, 11) is 0. The lowest BCUT2D eigenvalue weighted by Crippen LogP contribution is -2.24. The number of nitrogens with one attached hydrogen (secondary N) is 1. The van der Waals surface area contributed by atoms with Crippen molar-refractivity contribution >= 4 is 10.8 Å². The molecule has 22 heavy (non-hydrogen) atoms. The molecule has 0 aliphatic carbocycles. The molecule has 0 aliphatic heterocycles. The lowest BCUT2D eigenvalue weighted by Gasteiger charge is -2.15. The highest BCUT2D eigenvalue weighted by molar-refractivity contribution is 5.88. The summed E-state index contributed by atoms with van der Waals surface area (Å²) in [4.78, 5) is 0. The topological polar surface area (TPSA) is 34.4 Å². The minimum absolute atomic E-state index is 0.425. The van der Waals surface area contributed by atoms with Crippen molar-refractivity contribution in [3.63, 3.8) is 0 Å². The largest absolute Gasteiger partial charge is 0.493 e. The molecular formula is C19H21NO2. The molecule has 0 amide bonds. The standard InChI is InChI=1S/C19H21NO2/c1-15(12-20-13-17-8-5-11-21-17)14-22-19-10-4-7-16-6-2-3-9-18(16)19/h2-11,15,20H,12-14H2,1H3. The number of hydrogen-bond acceptors (Lipinski definition) is 3. The molecule has 1 unspecified atom stereocenters. The summed E-state index contributed by atoms with van der Waals surface area (Å²) in [5, 5.41) is 5.77. The van der Waals surface area contributed by atoms with E-state index in [0.717, 1.165) is 24.6 Å². The van der Waals surface area contributed by atoms with Crippen molar-refractivity contribution in [1.29, 1.82) is 0 Å². The van der Waals surface area contributed by atoms with Gasteiger partial charge in [0.1, 0.15) is 11.5 Å². The quantitative estimate of drug-likeness (QED) is 0.708. The number of ether oxygens (including phenoxy) is 1. The lowest BCUT2D eigenvalue weighted by molar-refractivity contribution is 0.257. The van der Waals surface area contributed by atoms with Crippen LogP contribution >= 0.6 is 0 Å². The van der Waals surface area contributed by atoms with Gasteiger partial charge in [-0.25, -0.2) is 0 Å². The van der Waals surface area contributed by atoms with E-state index in [0.29, 0.717) is 12.5 Å². The molecular weight excluding hydrogens is 274 g/mol. The Hall–Kier alpha value is -2.26. The summed E-state index contributed by atoms with van der Waals surface area (Å²) in [6.45, 7) is 4.52. The van der Waals surface area contributed by atoms with Crippen LogP contribution in [-0.4, -0.2) is 13.2 Å². The minimum Gasteiger partial charge on any atom is -0.493 e. The Morgan fingerprint density at radius 3 is 2.77 bits per heavy atom. The van der Waals surface area contributed by atoms with Gasteiger partial charge in [-0.1, -0.05) is 43.3 Å². The number of rotatable bonds is 7. The number of benzene rings is 2. The van der Waals surface area contributed by atoms with E-state index in [9.17, 15) is 0 Å². The zero-order valence-corrected chi connectivity index (χ0v) is 12.8. The van der Waals surface area contributed by atoms with Crippen molar-refractivity contribution in [2.75, 3.05) is 13.2 Å². The Bertz CT molecular complexity index is 701. The maximum Gasteiger partial charge on any atom is 0.127 e. The smallest absolute Gasteiger partial charge is 0.127 e. The van der Waals surface area contributed by atoms with Crippen molar-refractivity contribution < 1.29 is 9.15 Å². The summed E-state index contributed by atoms with van der Waals surface area (Å²) in [6, 6.07) is 18.4.